The number of nitrogens with one attached hydrogen (secondary N) is 1. The van der Waals surface area contributed by atoms with Gasteiger partial charge in [0.15, 0.2) is 5.69 Å². The van der Waals surface area contributed by atoms with Crippen LogP contribution in [0.2, 0.25) is 0 Å². The quantitative estimate of drug-likeness (QED) is 0.409. The van der Waals surface area contributed by atoms with E-state index < -0.39 is 10.9 Å². The molecule has 1 heterocycles. The summed E-state index contributed by atoms with van der Waals surface area (Å²) < 4.78 is 0. The molecule has 0 aliphatic heterocycles. The summed E-state index contributed by atoms with van der Waals surface area (Å²) in [5.41, 5.74) is 0.0130. The van der Waals surface area contributed by atoms with Crippen molar-refractivity contribution in [3.63, 3.8) is 0 Å². The highest BCUT2D eigenvalue weighted by Gasteiger charge is 2.15. The predicted molar refractivity (Wildman–Crippen MR) is 94.2 cm³/mol. The second-order valence-electron chi connectivity index (χ2n) is 4.98. The Kier molecular flexibility index (Phi) is 6.48. The number of nitro benzene ring substituents is 1. The highest BCUT2D eigenvalue weighted by molar-refractivity contribution is 8.00. The second-order valence-corrected chi connectivity index (χ2v) is 7.34. The number of carbonyl (C=O) groups is 2. The molecule has 2 aromatic rings. The number of thioether (sulfide) groups is 1. The van der Waals surface area contributed by atoms with E-state index in [1.807, 2.05) is 0 Å². The van der Waals surface area contributed by atoms with Crippen molar-refractivity contribution in [3.05, 3.63) is 50.5 Å². The molecule has 1 aromatic heterocycles. The average molecular weight is 381 g/mol. The van der Waals surface area contributed by atoms with E-state index in [9.17, 15) is 19.7 Å². The molecule has 2 rings (SSSR count). The van der Waals surface area contributed by atoms with Crippen molar-refractivity contribution in [3.8, 4) is 0 Å². The van der Waals surface area contributed by atoms with Gasteiger partial charge in [-0.1, -0.05) is 0 Å². The molecular weight excluding hydrogens is 366 g/mol. The molecule has 0 aliphatic carbocycles. The Morgan fingerprint density at radius 3 is 2.64 bits per heavy atom. The van der Waals surface area contributed by atoms with Gasteiger partial charge in [0, 0.05) is 35.4 Å². The third-order valence-electron chi connectivity index (χ3n) is 3.14. The lowest BCUT2D eigenvalue weighted by atomic mass is 10.3. The maximum absolute atomic E-state index is 12.1. The Bertz CT molecular complexity index is 776. The number of carboxylic acid groups (broad SMARTS) is 1. The number of non-ortho nitro benzene ring substituents is 1. The number of aromatic carboxylic acids is 1. The molecule has 25 heavy (non-hydrogen) atoms. The zero-order valence-electron chi connectivity index (χ0n) is 13.2. The predicted octanol–water partition coefficient (Wildman–Crippen LogP) is 2.59. The normalized spacial score (nSPS) is 11.7. The van der Waals surface area contributed by atoms with Crippen LogP contribution < -0.4 is 5.32 Å². The largest absolute Gasteiger partial charge is 0.476 e. The summed E-state index contributed by atoms with van der Waals surface area (Å²) in [6.45, 7) is 2.10. The van der Waals surface area contributed by atoms with Crippen molar-refractivity contribution in [2.75, 3.05) is 6.54 Å². The molecule has 0 saturated heterocycles. The van der Waals surface area contributed by atoms with Gasteiger partial charge in [0.1, 0.15) is 0 Å². The van der Waals surface area contributed by atoms with Crippen LogP contribution in [0.25, 0.3) is 0 Å². The monoisotopic (exact) mass is 381 g/mol. The van der Waals surface area contributed by atoms with Gasteiger partial charge >= 0.3 is 5.97 Å². The molecule has 0 aliphatic rings. The van der Waals surface area contributed by atoms with Crippen LogP contribution in [-0.2, 0) is 11.2 Å². The van der Waals surface area contributed by atoms with E-state index in [2.05, 4.69) is 10.3 Å². The zero-order valence-corrected chi connectivity index (χ0v) is 14.8. The van der Waals surface area contributed by atoms with E-state index >= 15 is 0 Å². The van der Waals surface area contributed by atoms with Gasteiger partial charge in [0.25, 0.3) is 5.69 Å². The van der Waals surface area contributed by atoms with Crippen molar-refractivity contribution in [1.29, 1.82) is 0 Å². The first-order valence-electron chi connectivity index (χ1n) is 7.23. The number of benzene rings is 1. The lowest BCUT2D eigenvalue weighted by Crippen LogP contribution is -2.32. The zero-order chi connectivity index (χ0) is 18.4. The molecule has 10 heteroatoms. The average Bonchev–Trinajstić information content (AvgIpc) is 3.04. The molecule has 1 unspecified atom stereocenters. The standard InChI is InChI=1S/C15H15N3O5S2/c1-9(25-11-4-2-10(3-5-11)18(22)23)14(19)16-7-6-13-17-12(8-24-13)15(20)21/h2-5,8-9H,6-7H2,1H3,(H,16,19)(H,20,21). The maximum atomic E-state index is 12.1. The van der Waals surface area contributed by atoms with E-state index in [0.717, 1.165) is 4.90 Å². The summed E-state index contributed by atoms with van der Waals surface area (Å²) in [5.74, 6) is -1.24. The van der Waals surface area contributed by atoms with E-state index in [1.54, 1.807) is 19.1 Å². The Labute approximate surface area is 151 Å². The van der Waals surface area contributed by atoms with Gasteiger partial charge in [-0.15, -0.1) is 23.1 Å². The molecule has 1 amide bonds. The number of nitro groups is 1. The maximum Gasteiger partial charge on any atom is 0.355 e. The second kappa shape index (κ2) is 8.58. The number of hydrogen-bond donors (Lipinski definition) is 2. The fourth-order valence-electron chi connectivity index (χ4n) is 1.86. The molecule has 8 nitrogen and oxygen atoms in total. The number of hydrogen-bond acceptors (Lipinski definition) is 7. The first-order chi connectivity index (χ1) is 11.9. The summed E-state index contributed by atoms with van der Waals surface area (Å²) >= 11 is 2.54. The SMILES string of the molecule is CC(Sc1ccc([N+](=O)[O-])cc1)C(=O)NCCc1nc(C(=O)O)cs1. The Morgan fingerprint density at radius 1 is 1.40 bits per heavy atom. The number of thiazole rings is 1. The fourth-order valence-corrected chi connectivity index (χ4v) is 3.53. The molecule has 0 bridgehead atoms. The topological polar surface area (TPSA) is 122 Å². The number of nitrogens with zero attached hydrogens (tertiary/aromatic N) is 2. The minimum Gasteiger partial charge on any atom is -0.476 e. The lowest BCUT2D eigenvalue weighted by molar-refractivity contribution is -0.384. The molecule has 2 N–H and O–H groups in total. The van der Waals surface area contributed by atoms with Gasteiger partial charge in [0.2, 0.25) is 5.91 Å². The highest BCUT2D eigenvalue weighted by atomic mass is 32.2. The van der Waals surface area contributed by atoms with Crippen molar-refractivity contribution in [2.45, 2.75) is 23.5 Å². The van der Waals surface area contributed by atoms with Gasteiger partial charge in [-0.2, -0.15) is 0 Å². The molecule has 0 radical (unpaired) electrons. The summed E-state index contributed by atoms with van der Waals surface area (Å²) in [7, 11) is 0. The van der Waals surface area contributed by atoms with Crippen LogP contribution in [0.4, 0.5) is 5.69 Å². The van der Waals surface area contributed by atoms with E-state index in [0.29, 0.717) is 18.0 Å². The minimum atomic E-state index is -1.07. The number of aromatic nitrogens is 1. The third kappa shape index (κ3) is 5.54. The van der Waals surface area contributed by atoms with Gasteiger partial charge in [-0.3, -0.25) is 14.9 Å². The van der Waals surface area contributed by atoms with E-state index in [4.69, 9.17) is 5.11 Å². The highest BCUT2D eigenvalue weighted by Crippen LogP contribution is 2.25. The van der Waals surface area contributed by atoms with E-state index in [-0.39, 0.29) is 22.5 Å². The van der Waals surface area contributed by atoms with Crippen LogP contribution in [0.15, 0.2) is 34.5 Å². The molecule has 0 fully saturated rings. The van der Waals surface area contributed by atoms with Gasteiger partial charge in [0.05, 0.1) is 15.2 Å². The van der Waals surface area contributed by atoms with Crippen LogP contribution >= 0.6 is 23.1 Å². The first-order valence-corrected chi connectivity index (χ1v) is 8.99. The summed E-state index contributed by atoms with van der Waals surface area (Å²) in [5, 5.41) is 23.9. The number of carboxylic acids is 1. The van der Waals surface area contributed by atoms with Crippen LogP contribution in [0.3, 0.4) is 0 Å². The molecular formula is C15H15N3O5S2. The number of carbonyl (C=O) groups excluding carboxylic acids is 1. The Balaban J connectivity index is 1.79. The van der Waals surface area contributed by atoms with Gasteiger partial charge in [-0.25, -0.2) is 9.78 Å². The summed E-state index contributed by atoms with van der Waals surface area (Å²) in [6, 6.07) is 6.01. The first kappa shape index (κ1) is 18.9. The lowest BCUT2D eigenvalue weighted by Gasteiger charge is -2.11. The van der Waals surface area contributed by atoms with Crippen molar-refractivity contribution < 1.29 is 19.6 Å². The molecule has 132 valence electrons. The van der Waals surface area contributed by atoms with Crippen LogP contribution in [0.1, 0.15) is 22.4 Å². The smallest absolute Gasteiger partial charge is 0.355 e. The van der Waals surface area contributed by atoms with Crippen LogP contribution in [0, 0.1) is 10.1 Å². The van der Waals surface area contributed by atoms with Gasteiger partial charge < -0.3 is 10.4 Å². The molecule has 1 aromatic carbocycles. The van der Waals surface area contributed by atoms with Gasteiger partial charge in [-0.05, 0) is 19.1 Å². The van der Waals surface area contributed by atoms with Crippen molar-refractivity contribution in [2.24, 2.45) is 0 Å². The van der Waals surface area contributed by atoms with Crippen LogP contribution in [0.5, 0.6) is 0 Å². The summed E-state index contributed by atoms with van der Waals surface area (Å²) in [4.78, 5) is 37.7. The van der Waals surface area contributed by atoms with Crippen LogP contribution in [-0.4, -0.2) is 38.7 Å². The van der Waals surface area contributed by atoms with Crippen molar-refractivity contribution >= 4 is 40.7 Å². The minimum absolute atomic E-state index is 0.00522. The molecule has 0 spiro atoms. The van der Waals surface area contributed by atoms with Crippen molar-refractivity contribution in [1.82, 2.24) is 10.3 Å². The summed E-state index contributed by atoms with van der Waals surface area (Å²) in [6.07, 6.45) is 0.457. The Morgan fingerprint density at radius 2 is 2.08 bits per heavy atom. The number of rotatable bonds is 8. The number of amides is 1. The Hall–Kier alpha value is -2.46. The third-order valence-corrected chi connectivity index (χ3v) is 5.16. The fraction of sp³-hybridized carbons (Fsp3) is 0.267. The molecule has 1 atom stereocenters. The van der Waals surface area contributed by atoms with E-state index in [1.165, 1.54) is 40.6 Å². The molecule has 0 saturated carbocycles.